The third-order valence-electron chi connectivity index (χ3n) is 1.17. The smallest absolute Gasteiger partial charge is 0.172 e. The van der Waals surface area contributed by atoms with E-state index in [0.717, 1.165) is 5.56 Å². The molecule has 0 N–H and O–H groups in total. The van der Waals surface area contributed by atoms with Gasteiger partial charge in [-0.15, -0.1) is 5.10 Å². The van der Waals surface area contributed by atoms with Gasteiger partial charge in [0.2, 0.25) is 0 Å². The summed E-state index contributed by atoms with van der Waals surface area (Å²) in [6.45, 7) is 1.79. The molecule has 0 aromatic carbocycles. The molecule has 0 amide bonds. The predicted octanol–water partition coefficient (Wildman–Crippen LogP) is 2.17. The first-order valence-electron chi connectivity index (χ1n) is 2.81. The summed E-state index contributed by atoms with van der Waals surface area (Å²) in [4.78, 5) is 3.67. The van der Waals surface area contributed by atoms with Gasteiger partial charge in [-0.2, -0.15) is 10.1 Å². The van der Waals surface area contributed by atoms with Gasteiger partial charge in [-0.1, -0.05) is 11.6 Å². The number of nitrogens with zero attached hydrogens (tertiary/aromatic N) is 3. The van der Waals surface area contributed by atoms with E-state index in [-0.39, 0.29) is 0 Å². The van der Waals surface area contributed by atoms with Crippen molar-refractivity contribution >= 4 is 34.8 Å². The molecule has 1 aromatic rings. The monoisotopic (exact) mass is 185 g/mol. The van der Waals surface area contributed by atoms with Crippen LogP contribution in [-0.4, -0.2) is 15.4 Å². The summed E-state index contributed by atoms with van der Waals surface area (Å²) in [5.74, 6) is 0.424. The molecule has 0 bridgehead atoms. The van der Waals surface area contributed by atoms with Crippen molar-refractivity contribution in [2.75, 3.05) is 0 Å². The molecule has 1 aromatic heterocycles. The summed E-state index contributed by atoms with van der Waals surface area (Å²) >= 11 is 10.1. The highest BCUT2D eigenvalue weighted by Crippen LogP contribution is 2.20. The third kappa shape index (κ3) is 1.80. The van der Waals surface area contributed by atoms with E-state index in [0.29, 0.717) is 10.8 Å². The van der Waals surface area contributed by atoms with Crippen LogP contribution in [0.2, 0.25) is 5.02 Å². The minimum absolute atomic E-state index is 0.424. The molecule has 0 spiro atoms. The number of rotatable bonds is 1. The van der Waals surface area contributed by atoms with Crippen molar-refractivity contribution in [3.8, 4) is 0 Å². The van der Waals surface area contributed by atoms with Crippen LogP contribution in [-0.2, 0) is 0 Å². The zero-order valence-corrected chi connectivity index (χ0v) is 7.28. The van der Waals surface area contributed by atoms with Gasteiger partial charge in [-0.05, 0) is 19.1 Å². The van der Waals surface area contributed by atoms with Gasteiger partial charge in [0.05, 0.1) is 16.4 Å². The fraction of sp³-hybridized carbons (Fsp3) is 0.167. The van der Waals surface area contributed by atoms with E-state index in [1.165, 1.54) is 6.20 Å². The Hall–Kier alpha value is -0.830. The molecule has 0 atom stereocenters. The van der Waals surface area contributed by atoms with Crippen molar-refractivity contribution in [2.24, 2.45) is 4.99 Å². The number of hydrogen-bond acceptors (Lipinski definition) is 4. The number of thiocarbonyl (C=S) groups is 1. The fourth-order valence-corrected chi connectivity index (χ4v) is 0.777. The van der Waals surface area contributed by atoms with E-state index in [2.05, 4.69) is 32.6 Å². The van der Waals surface area contributed by atoms with E-state index in [1.54, 1.807) is 6.92 Å². The summed E-state index contributed by atoms with van der Waals surface area (Å²) < 4.78 is 0. The number of hydrogen-bond donors (Lipinski definition) is 0. The highest BCUT2D eigenvalue weighted by atomic mass is 35.5. The first kappa shape index (κ1) is 8.27. The van der Waals surface area contributed by atoms with Crippen LogP contribution in [0.1, 0.15) is 5.56 Å². The summed E-state index contributed by atoms with van der Waals surface area (Å²) in [6.07, 6.45) is 1.46. The molecule has 56 valence electrons. The van der Waals surface area contributed by atoms with Crippen LogP contribution in [0.3, 0.4) is 0 Å². The fourth-order valence-electron chi connectivity index (χ4n) is 0.562. The molecule has 0 saturated carbocycles. The lowest BCUT2D eigenvalue weighted by molar-refractivity contribution is 1.01. The highest BCUT2D eigenvalue weighted by molar-refractivity contribution is 7.78. The second-order valence-electron chi connectivity index (χ2n) is 1.84. The Bertz CT molecular complexity index is 320. The van der Waals surface area contributed by atoms with Gasteiger partial charge in [-0.3, -0.25) is 0 Å². The average Bonchev–Trinajstić information content (AvgIpc) is 1.99. The van der Waals surface area contributed by atoms with Crippen molar-refractivity contribution in [1.29, 1.82) is 0 Å². The van der Waals surface area contributed by atoms with Crippen LogP contribution in [0.5, 0.6) is 0 Å². The van der Waals surface area contributed by atoms with E-state index in [9.17, 15) is 0 Å². The number of aliphatic imine (C=N–C) groups is 1. The normalized spacial score (nSPS) is 8.91. The highest BCUT2D eigenvalue weighted by Gasteiger charge is 2.01. The topological polar surface area (TPSA) is 38.1 Å². The molecular formula is C6H4ClN3S. The van der Waals surface area contributed by atoms with Crippen LogP contribution in [0.4, 0.5) is 5.82 Å². The lowest BCUT2D eigenvalue weighted by Crippen LogP contribution is -1.84. The zero-order valence-electron chi connectivity index (χ0n) is 5.71. The molecule has 0 fully saturated rings. The van der Waals surface area contributed by atoms with Crippen LogP contribution < -0.4 is 0 Å². The lowest BCUT2D eigenvalue weighted by Gasteiger charge is -1.95. The van der Waals surface area contributed by atoms with E-state index in [4.69, 9.17) is 11.6 Å². The van der Waals surface area contributed by atoms with Crippen molar-refractivity contribution in [2.45, 2.75) is 6.92 Å². The molecule has 0 unspecified atom stereocenters. The molecule has 3 nitrogen and oxygen atoms in total. The molecule has 1 heterocycles. The quantitative estimate of drug-likeness (QED) is 0.497. The molecule has 0 aliphatic heterocycles. The molecule has 11 heavy (non-hydrogen) atoms. The van der Waals surface area contributed by atoms with Gasteiger partial charge in [0.15, 0.2) is 5.82 Å². The second kappa shape index (κ2) is 3.53. The minimum Gasteiger partial charge on any atom is -0.172 e. The standard InChI is InChI=1S/C6H4ClN3S/c1-4-5(7)2-9-10-6(4)8-3-11/h2H,1H3. The minimum atomic E-state index is 0.424. The predicted molar refractivity (Wildman–Crippen MR) is 46.5 cm³/mol. The van der Waals surface area contributed by atoms with Crippen molar-refractivity contribution in [3.63, 3.8) is 0 Å². The van der Waals surface area contributed by atoms with Crippen LogP contribution >= 0.6 is 23.8 Å². The Morgan fingerprint density at radius 2 is 2.45 bits per heavy atom. The summed E-state index contributed by atoms with van der Waals surface area (Å²) in [5.41, 5.74) is 0.763. The van der Waals surface area contributed by atoms with Crippen LogP contribution in [0, 0.1) is 6.92 Å². The van der Waals surface area contributed by atoms with E-state index >= 15 is 0 Å². The molecule has 0 saturated heterocycles. The van der Waals surface area contributed by atoms with Gasteiger partial charge >= 0.3 is 0 Å². The van der Waals surface area contributed by atoms with Gasteiger partial charge in [0, 0.05) is 5.56 Å². The summed E-state index contributed by atoms with van der Waals surface area (Å²) in [7, 11) is 0. The molecule has 1 rings (SSSR count). The first-order chi connectivity index (χ1) is 5.25. The molecule has 0 aliphatic rings. The third-order valence-corrected chi connectivity index (χ3v) is 1.64. The Morgan fingerprint density at radius 3 is 3.09 bits per heavy atom. The number of isothiocyanates is 1. The van der Waals surface area contributed by atoms with Crippen LogP contribution in [0.15, 0.2) is 11.2 Å². The van der Waals surface area contributed by atoms with E-state index in [1.807, 2.05) is 0 Å². The first-order valence-corrected chi connectivity index (χ1v) is 3.60. The average molecular weight is 186 g/mol. The van der Waals surface area contributed by atoms with Crippen molar-refractivity contribution in [3.05, 3.63) is 16.8 Å². The molecule has 0 aliphatic carbocycles. The lowest BCUT2D eigenvalue weighted by atomic mass is 10.3. The van der Waals surface area contributed by atoms with Gasteiger partial charge in [0.1, 0.15) is 0 Å². The zero-order chi connectivity index (χ0) is 8.27. The summed E-state index contributed by atoms with van der Waals surface area (Å²) in [5, 5.41) is 10.0. The SMILES string of the molecule is Cc1c(Cl)cnnc1N=C=S. The Labute approximate surface area is 74.1 Å². The van der Waals surface area contributed by atoms with Crippen molar-refractivity contribution in [1.82, 2.24) is 10.2 Å². The van der Waals surface area contributed by atoms with Gasteiger partial charge in [-0.25, -0.2) is 0 Å². The molecule has 0 radical (unpaired) electrons. The second-order valence-corrected chi connectivity index (χ2v) is 2.43. The molecular weight excluding hydrogens is 182 g/mol. The van der Waals surface area contributed by atoms with Gasteiger partial charge < -0.3 is 0 Å². The van der Waals surface area contributed by atoms with Gasteiger partial charge in [0.25, 0.3) is 0 Å². The number of halogens is 1. The Kier molecular flexibility index (Phi) is 2.65. The van der Waals surface area contributed by atoms with E-state index < -0.39 is 0 Å². The maximum absolute atomic E-state index is 5.73. The Balaban J connectivity index is 3.26. The maximum Gasteiger partial charge on any atom is 0.189 e. The largest absolute Gasteiger partial charge is 0.189 e. The van der Waals surface area contributed by atoms with Crippen LogP contribution in [0.25, 0.3) is 0 Å². The maximum atomic E-state index is 5.73. The van der Waals surface area contributed by atoms with Crippen molar-refractivity contribution < 1.29 is 0 Å². The Morgan fingerprint density at radius 1 is 1.73 bits per heavy atom. The molecule has 5 heteroatoms. The number of aromatic nitrogens is 2. The summed E-state index contributed by atoms with van der Waals surface area (Å²) in [6, 6.07) is 0.